The molecular weight excluding hydrogens is 412 g/mol. The zero-order valence-electron chi connectivity index (χ0n) is 16.8. The van der Waals surface area contributed by atoms with Crippen LogP contribution >= 0.6 is 0 Å². The summed E-state index contributed by atoms with van der Waals surface area (Å²) in [6, 6.07) is 9.18. The molecule has 0 N–H and O–H groups in total. The van der Waals surface area contributed by atoms with Crippen molar-refractivity contribution in [2.75, 3.05) is 26.2 Å². The summed E-state index contributed by atoms with van der Waals surface area (Å²) in [6.45, 7) is 4.15. The summed E-state index contributed by atoms with van der Waals surface area (Å²) in [6.07, 6.45) is 1.98. The third kappa shape index (κ3) is 4.61. The molecule has 10 heteroatoms. The van der Waals surface area contributed by atoms with E-state index < -0.39 is 20.0 Å². The van der Waals surface area contributed by atoms with Gasteiger partial charge in [0.05, 0.1) is 11.4 Å². The monoisotopic (exact) mass is 438 g/mol. The van der Waals surface area contributed by atoms with Crippen LogP contribution in [0.4, 0.5) is 0 Å². The molecule has 8 nitrogen and oxygen atoms in total. The molecule has 1 saturated heterocycles. The molecule has 0 bridgehead atoms. The summed E-state index contributed by atoms with van der Waals surface area (Å²) < 4.78 is 56.0. The Morgan fingerprint density at radius 1 is 0.931 bits per heavy atom. The smallest absolute Gasteiger partial charge is 0.246 e. The Balaban J connectivity index is 1.77. The molecule has 0 aliphatic carbocycles. The van der Waals surface area contributed by atoms with Gasteiger partial charge in [0.25, 0.3) is 0 Å². The number of hydrogen-bond donors (Lipinski definition) is 0. The van der Waals surface area contributed by atoms with Gasteiger partial charge in [-0.2, -0.15) is 13.7 Å². The normalized spacial score (nSPS) is 17.6. The van der Waals surface area contributed by atoms with Crippen molar-refractivity contribution in [3.63, 3.8) is 0 Å². The molecule has 158 valence electrons. The molecule has 0 unspecified atom stereocenters. The van der Waals surface area contributed by atoms with Crippen molar-refractivity contribution in [2.24, 2.45) is 7.05 Å². The number of sulfonamides is 2. The van der Waals surface area contributed by atoms with E-state index in [1.165, 1.54) is 14.0 Å². The Morgan fingerprint density at radius 3 is 2.17 bits per heavy atom. The highest BCUT2D eigenvalue weighted by Crippen LogP contribution is 2.24. The zero-order chi connectivity index (χ0) is 21.2. The molecule has 2 aromatic rings. The van der Waals surface area contributed by atoms with E-state index >= 15 is 0 Å². The molecule has 0 amide bonds. The SMILES string of the molecule is Cc1nn(C)c(C)c1S(=O)(=O)N1CCCN(S(=O)(=O)/C=C/c2ccccc2)CC1. The summed E-state index contributed by atoms with van der Waals surface area (Å²) in [4.78, 5) is 0.209. The van der Waals surface area contributed by atoms with Crippen molar-refractivity contribution in [2.45, 2.75) is 25.2 Å². The first-order valence-electron chi connectivity index (χ1n) is 9.36. The first-order chi connectivity index (χ1) is 13.6. The van der Waals surface area contributed by atoms with Crippen LogP contribution in [0, 0.1) is 13.8 Å². The summed E-state index contributed by atoms with van der Waals surface area (Å²) in [5, 5.41) is 5.38. The molecule has 0 spiro atoms. The van der Waals surface area contributed by atoms with Crippen LogP contribution in [0.1, 0.15) is 23.4 Å². The molecule has 1 aliphatic heterocycles. The minimum atomic E-state index is -3.74. The summed E-state index contributed by atoms with van der Waals surface area (Å²) in [7, 11) is -5.67. The van der Waals surface area contributed by atoms with Gasteiger partial charge >= 0.3 is 0 Å². The average molecular weight is 439 g/mol. The second kappa shape index (κ2) is 8.39. The summed E-state index contributed by atoms with van der Waals surface area (Å²) >= 11 is 0. The van der Waals surface area contributed by atoms with E-state index in [-0.39, 0.29) is 31.1 Å². The summed E-state index contributed by atoms with van der Waals surface area (Å²) in [5.41, 5.74) is 1.81. The minimum Gasteiger partial charge on any atom is -0.271 e. The first kappa shape index (κ1) is 21.7. The molecule has 1 aromatic heterocycles. The van der Waals surface area contributed by atoms with Crippen molar-refractivity contribution in [3.8, 4) is 0 Å². The highest BCUT2D eigenvalue weighted by molar-refractivity contribution is 7.92. The number of aryl methyl sites for hydroxylation is 2. The van der Waals surface area contributed by atoms with Gasteiger partial charge in [0.15, 0.2) is 0 Å². The lowest BCUT2D eigenvalue weighted by Gasteiger charge is -2.21. The molecule has 29 heavy (non-hydrogen) atoms. The van der Waals surface area contributed by atoms with Crippen molar-refractivity contribution >= 4 is 26.1 Å². The van der Waals surface area contributed by atoms with Crippen LogP contribution in [-0.4, -0.2) is 61.4 Å². The highest BCUT2D eigenvalue weighted by atomic mass is 32.2. The fourth-order valence-corrected chi connectivity index (χ4v) is 6.53. The van der Waals surface area contributed by atoms with E-state index in [4.69, 9.17) is 0 Å². The van der Waals surface area contributed by atoms with Crippen LogP contribution in [0.25, 0.3) is 6.08 Å². The minimum absolute atomic E-state index is 0.106. The van der Waals surface area contributed by atoms with Gasteiger partial charge < -0.3 is 0 Å². The fourth-order valence-electron chi connectivity index (χ4n) is 3.44. The maximum Gasteiger partial charge on any atom is 0.246 e. The van der Waals surface area contributed by atoms with Crippen LogP contribution in [-0.2, 0) is 27.1 Å². The number of nitrogens with zero attached hydrogens (tertiary/aromatic N) is 4. The lowest BCUT2D eigenvalue weighted by molar-refractivity contribution is 0.407. The van der Waals surface area contributed by atoms with Crippen LogP contribution in [0.3, 0.4) is 0 Å². The number of rotatable bonds is 5. The Kier molecular flexibility index (Phi) is 6.27. The van der Waals surface area contributed by atoms with E-state index in [9.17, 15) is 16.8 Å². The van der Waals surface area contributed by atoms with Crippen molar-refractivity contribution in [1.82, 2.24) is 18.4 Å². The molecule has 1 aromatic carbocycles. The molecule has 1 fully saturated rings. The Bertz CT molecular complexity index is 1110. The van der Waals surface area contributed by atoms with Crippen LogP contribution in [0.5, 0.6) is 0 Å². The molecule has 2 heterocycles. The number of hydrogen-bond acceptors (Lipinski definition) is 5. The quantitative estimate of drug-likeness (QED) is 0.709. The first-order valence-corrected chi connectivity index (χ1v) is 12.3. The number of aromatic nitrogens is 2. The van der Waals surface area contributed by atoms with E-state index in [1.54, 1.807) is 31.7 Å². The average Bonchev–Trinajstić information content (AvgIpc) is 2.85. The second-order valence-corrected chi connectivity index (χ2v) is 10.7. The maximum absolute atomic E-state index is 13.2. The van der Waals surface area contributed by atoms with Crippen LogP contribution in [0.15, 0.2) is 40.6 Å². The van der Waals surface area contributed by atoms with Crippen molar-refractivity contribution in [1.29, 1.82) is 0 Å². The van der Waals surface area contributed by atoms with Gasteiger partial charge in [-0.05, 0) is 31.9 Å². The third-order valence-corrected chi connectivity index (χ3v) is 8.76. The Labute approximate surface area is 172 Å². The Morgan fingerprint density at radius 2 is 1.55 bits per heavy atom. The van der Waals surface area contributed by atoms with Crippen LogP contribution in [0.2, 0.25) is 0 Å². The molecule has 0 radical (unpaired) electrons. The third-order valence-electron chi connectivity index (χ3n) is 5.05. The van der Waals surface area contributed by atoms with Crippen LogP contribution < -0.4 is 0 Å². The highest BCUT2D eigenvalue weighted by Gasteiger charge is 2.33. The molecule has 0 saturated carbocycles. The number of benzene rings is 1. The predicted molar refractivity (Wildman–Crippen MR) is 112 cm³/mol. The topological polar surface area (TPSA) is 92.6 Å². The molecule has 1 aliphatic rings. The lowest BCUT2D eigenvalue weighted by Crippen LogP contribution is -2.37. The van der Waals surface area contributed by atoms with Gasteiger partial charge in [-0.25, -0.2) is 16.8 Å². The van der Waals surface area contributed by atoms with Gasteiger partial charge in [-0.3, -0.25) is 4.68 Å². The molecule has 0 atom stereocenters. The van der Waals surface area contributed by atoms with E-state index in [2.05, 4.69) is 5.10 Å². The van der Waals surface area contributed by atoms with E-state index in [0.717, 1.165) is 5.56 Å². The predicted octanol–water partition coefficient (Wildman–Crippen LogP) is 1.73. The molecular formula is C19H26N4O4S2. The summed E-state index contributed by atoms with van der Waals surface area (Å²) in [5.74, 6) is 0. The second-order valence-electron chi connectivity index (χ2n) is 7.04. The Hall–Kier alpha value is -2.01. The largest absolute Gasteiger partial charge is 0.271 e. The maximum atomic E-state index is 13.2. The zero-order valence-corrected chi connectivity index (χ0v) is 18.4. The van der Waals surface area contributed by atoms with Gasteiger partial charge in [0.2, 0.25) is 20.0 Å². The van der Waals surface area contributed by atoms with E-state index in [0.29, 0.717) is 17.8 Å². The lowest BCUT2D eigenvalue weighted by atomic mass is 10.2. The van der Waals surface area contributed by atoms with Crippen molar-refractivity contribution < 1.29 is 16.8 Å². The molecule has 3 rings (SSSR count). The standard InChI is InChI=1S/C19H26N4O4S2/c1-16-19(17(2)21(3)20-16)29(26,27)23-12-7-11-22(13-14-23)28(24,25)15-10-18-8-5-4-6-9-18/h4-6,8-10,15H,7,11-14H2,1-3H3/b15-10+. The van der Waals surface area contributed by atoms with Gasteiger partial charge in [0, 0.05) is 38.6 Å². The van der Waals surface area contributed by atoms with E-state index in [1.807, 2.05) is 30.3 Å². The van der Waals surface area contributed by atoms with Gasteiger partial charge in [-0.15, -0.1) is 0 Å². The fraction of sp³-hybridized carbons (Fsp3) is 0.421. The van der Waals surface area contributed by atoms with Gasteiger partial charge in [-0.1, -0.05) is 30.3 Å². The van der Waals surface area contributed by atoms with Gasteiger partial charge in [0.1, 0.15) is 4.90 Å². The van der Waals surface area contributed by atoms with Crippen molar-refractivity contribution in [3.05, 3.63) is 52.7 Å².